The molecule has 1 amide bonds. The second-order valence-corrected chi connectivity index (χ2v) is 8.34. The van der Waals surface area contributed by atoms with Gasteiger partial charge >= 0.3 is 0 Å². The molecule has 2 aliphatic carbocycles. The Bertz CT molecular complexity index is 776. The molecule has 4 rings (SSSR count). The van der Waals surface area contributed by atoms with Crippen LogP contribution in [0.5, 0.6) is 0 Å². The average molecular weight is 423 g/mol. The van der Waals surface area contributed by atoms with Gasteiger partial charge in [-0.05, 0) is 48.8 Å². The molecule has 0 radical (unpaired) electrons. The van der Waals surface area contributed by atoms with E-state index >= 15 is 0 Å². The summed E-state index contributed by atoms with van der Waals surface area (Å²) in [5.41, 5.74) is 3.59. The van der Waals surface area contributed by atoms with Crippen LogP contribution in [-0.2, 0) is 9.22 Å². The van der Waals surface area contributed by atoms with E-state index in [1.807, 2.05) is 0 Å². The predicted octanol–water partition coefficient (Wildman–Crippen LogP) is 4.68. The Hall–Kier alpha value is -1.11. The van der Waals surface area contributed by atoms with Gasteiger partial charge in [-0.25, -0.2) is 4.98 Å². The zero-order valence-corrected chi connectivity index (χ0v) is 15.8. The van der Waals surface area contributed by atoms with E-state index in [4.69, 9.17) is 4.98 Å². The van der Waals surface area contributed by atoms with Gasteiger partial charge in [0.15, 0.2) is 0 Å². The molecule has 1 heterocycles. The molecule has 5 heteroatoms. The van der Waals surface area contributed by atoms with Crippen LogP contribution in [0.25, 0.3) is 11.0 Å². The first-order chi connectivity index (χ1) is 11.0. The number of halogens is 1. The summed E-state index contributed by atoms with van der Waals surface area (Å²) in [5.74, 6) is 0.991. The maximum Gasteiger partial charge on any atom is 0.230 e. The fourth-order valence-corrected chi connectivity index (χ4v) is 3.91. The van der Waals surface area contributed by atoms with Crippen LogP contribution in [0.3, 0.4) is 0 Å². The standard InChI is InChI=1S/C18H22IN3O/c1-18(2)9-13(18)16(23)21-17-20-14-7-6-11(10-19)8-15(14)22(17)12-4-3-5-12/h6-8,12-13H,3-5,9-10H2,1-2H3,(H,20,21,23)/t13-/m1/s1. The summed E-state index contributed by atoms with van der Waals surface area (Å²) in [4.78, 5) is 17.2. The molecule has 1 N–H and O–H groups in total. The number of benzene rings is 1. The van der Waals surface area contributed by atoms with Gasteiger partial charge < -0.3 is 4.57 Å². The number of alkyl halides is 1. The molecule has 2 aromatic rings. The van der Waals surface area contributed by atoms with E-state index in [0.717, 1.165) is 27.8 Å². The quantitative estimate of drug-likeness (QED) is 0.574. The lowest BCUT2D eigenvalue weighted by molar-refractivity contribution is -0.118. The largest absolute Gasteiger partial charge is 0.307 e. The molecule has 0 aliphatic heterocycles. The first-order valence-corrected chi connectivity index (χ1v) is 9.90. The number of fused-ring (bicyclic) bond motifs is 1. The highest BCUT2D eigenvalue weighted by Crippen LogP contribution is 2.52. The van der Waals surface area contributed by atoms with Gasteiger partial charge in [0.25, 0.3) is 0 Å². The summed E-state index contributed by atoms with van der Waals surface area (Å²) in [5, 5.41) is 3.12. The van der Waals surface area contributed by atoms with Crippen LogP contribution in [0, 0.1) is 11.3 Å². The number of amides is 1. The van der Waals surface area contributed by atoms with Gasteiger partial charge in [0.2, 0.25) is 11.9 Å². The summed E-state index contributed by atoms with van der Waals surface area (Å²) in [6, 6.07) is 6.91. The molecule has 0 bridgehead atoms. The first kappa shape index (κ1) is 15.4. The van der Waals surface area contributed by atoms with Crippen LogP contribution in [0.4, 0.5) is 5.95 Å². The Balaban J connectivity index is 1.71. The summed E-state index contributed by atoms with van der Waals surface area (Å²) < 4.78 is 3.25. The van der Waals surface area contributed by atoms with Crippen LogP contribution < -0.4 is 5.32 Å². The van der Waals surface area contributed by atoms with Gasteiger partial charge in [0, 0.05) is 16.4 Å². The van der Waals surface area contributed by atoms with E-state index in [1.54, 1.807) is 0 Å². The molecule has 2 aliphatic rings. The first-order valence-electron chi connectivity index (χ1n) is 8.37. The van der Waals surface area contributed by atoms with E-state index in [1.165, 1.54) is 24.8 Å². The Morgan fingerprint density at radius 1 is 1.43 bits per heavy atom. The summed E-state index contributed by atoms with van der Waals surface area (Å²) in [6.07, 6.45) is 4.59. The summed E-state index contributed by atoms with van der Waals surface area (Å²) in [6.45, 7) is 4.30. The normalized spacial score (nSPS) is 22.8. The Kier molecular flexibility index (Phi) is 3.66. The minimum Gasteiger partial charge on any atom is -0.307 e. The number of carbonyl (C=O) groups is 1. The zero-order chi connectivity index (χ0) is 16.2. The van der Waals surface area contributed by atoms with Crippen molar-refractivity contribution in [3.8, 4) is 0 Å². The molecular formula is C18H22IN3O. The molecule has 0 saturated heterocycles. The number of rotatable bonds is 4. The predicted molar refractivity (Wildman–Crippen MR) is 101 cm³/mol. The van der Waals surface area contributed by atoms with Crippen LogP contribution in [-0.4, -0.2) is 15.5 Å². The maximum absolute atomic E-state index is 12.5. The minimum absolute atomic E-state index is 0.125. The Morgan fingerprint density at radius 3 is 2.74 bits per heavy atom. The number of hydrogen-bond donors (Lipinski definition) is 1. The lowest BCUT2D eigenvalue weighted by Crippen LogP contribution is -2.23. The third-order valence-corrected chi connectivity index (χ3v) is 6.29. The topological polar surface area (TPSA) is 46.9 Å². The highest BCUT2D eigenvalue weighted by molar-refractivity contribution is 14.1. The van der Waals surface area contributed by atoms with Crippen molar-refractivity contribution in [2.75, 3.05) is 5.32 Å². The number of nitrogens with one attached hydrogen (secondary N) is 1. The monoisotopic (exact) mass is 423 g/mol. The van der Waals surface area contributed by atoms with Gasteiger partial charge in [-0.1, -0.05) is 42.5 Å². The SMILES string of the molecule is CC1(C)C[C@@H]1C(=O)Nc1nc2ccc(CI)cc2n1C1CCC1. The highest BCUT2D eigenvalue weighted by Gasteiger charge is 2.50. The van der Waals surface area contributed by atoms with Crippen molar-refractivity contribution < 1.29 is 4.79 Å². The van der Waals surface area contributed by atoms with Crippen LogP contribution in [0.15, 0.2) is 18.2 Å². The van der Waals surface area contributed by atoms with Crippen molar-refractivity contribution in [3.05, 3.63) is 23.8 Å². The van der Waals surface area contributed by atoms with Gasteiger partial charge in [0.1, 0.15) is 0 Å². The van der Waals surface area contributed by atoms with Crippen LogP contribution in [0.1, 0.15) is 51.1 Å². The number of imidazole rings is 1. The second-order valence-electron chi connectivity index (χ2n) is 7.58. The number of hydrogen-bond acceptors (Lipinski definition) is 2. The Labute approximate surface area is 150 Å². The third-order valence-electron chi connectivity index (χ3n) is 5.41. The van der Waals surface area contributed by atoms with Crippen molar-refractivity contribution in [2.45, 2.75) is 50.0 Å². The second kappa shape index (κ2) is 5.46. The number of aromatic nitrogens is 2. The molecule has 122 valence electrons. The minimum atomic E-state index is 0.125. The fraction of sp³-hybridized carbons (Fsp3) is 0.556. The highest BCUT2D eigenvalue weighted by atomic mass is 127. The fourth-order valence-electron chi connectivity index (χ4n) is 3.44. The molecule has 4 nitrogen and oxygen atoms in total. The van der Waals surface area contributed by atoms with E-state index in [2.05, 4.69) is 64.5 Å². The maximum atomic E-state index is 12.5. The molecule has 2 saturated carbocycles. The van der Waals surface area contributed by atoms with E-state index in [0.29, 0.717) is 6.04 Å². The van der Waals surface area contributed by atoms with Gasteiger partial charge in [0.05, 0.1) is 11.0 Å². The van der Waals surface area contributed by atoms with Crippen molar-refractivity contribution in [1.82, 2.24) is 9.55 Å². The third kappa shape index (κ3) is 2.66. The van der Waals surface area contributed by atoms with Crippen molar-refractivity contribution >= 4 is 45.5 Å². The van der Waals surface area contributed by atoms with Gasteiger partial charge in [-0.2, -0.15) is 0 Å². The van der Waals surface area contributed by atoms with Crippen molar-refractivity contribution in [1.29, 1.82) is 0 Å². The summed E-state index contributed by atoms with van der Waals surface area (Å²) in [7, 11) is 0. The number of nitrogens with zero attached hydrogens (tertiary/aromatic N) is 2. The van der Waals surface area contributed by atoms with E-state index < -0.39 is 0 Å². The van der Waals surface area contributed by atoms with Gasteiger partial charge in [-0.3, -0.25) is 10.1 Å². The molecule has 2 fully saturated rings. The molecule has 1 aromatic heterocycles. The number of carbonyl (C=O) groups excluding carboxylic acids is 1. The number of anilines is 1. The molecular weight excluding hydrogens is 401 g/mol. The van der Waals surface area contributed by atoms with E-state index in [-0.39, 0.29) is 17.2 Å². The van der Waals surface area contributed by atoms with Crippen LogP contribution >= 0.6 is 22.6 Å². The molecule has 1 aromatic carbocycles. The van der Waals surface area contributed by atoms with Crippen molar-refractivity contribution in [3.63, 3.8) is 0 Å². The molecule has 1 atom stereocenters. The Morgan fingerprint density at radius 2 is 2.17 bits per heavy atom. The lowest BCUT2D eigenvalue weighted by atomic mass is 9.92. The molecule has 0 unspecified atom stereocenters. The average Bonchev–Trinajstić information content (AvgIpc) is 2.98. The van der Waals surface area contributed by atoms with E-state index in [9.17, 15) is 4.79 Å². The smallest absolute Gasteiger partial charge is 0.230 e. The molecule has 23 heavy (non-hydrogen) atoms. The molecule has 0 spiro atoms. The van der Waals surface area contributed by atoms with Gasteiger partial charge in [-0.15, -0.1) is 0 Å². The van der Waals surface area contributed by atoms with Crippen molar-refractivity contribution in [2.24, 2.45) is 11.3 Å². The lowest BCUT2D eigenvalue weighted by Gasteiger charge is -2.29. The summed E-state index contributed by atoms with van der Waals surface area (Å²) >= 11 is 2.39. The zero-order valence-electron chi connectivity index (χ0n) is 13.6. The van der Waals surface area contributed by atoms with Crippen LogP contribution in [0.2, 0.25) is 0 Å².